The molecular formula is C25H18F4N2O4. The molecule has 0 aliphatic carbocycles. The number of nitrogens with zero attached hydrogens (tertiary/aromatic N) is 2. The highest BCUT2D eigenvalue weighted by Gasteiger charge is 2.38. The number of hydrogen-bond acceptors (Lipinski definition) is 5. The third-order valence-electron chi connectivity index (χ3n) is 5.48. The number of fused-ring (bicyclic) bond motifs is 2. The highest BCUT2D eigenvalue weighted by molar-refractivity contribution is 5.79. The van der Waals surface area contributed by atoms with Crippen molar-refractivity contribution in [3.05, 3.63) is 95.1 Å². The first-order valence-electron chi connectivity index (χ1n) is 10.6. The predicted octanol–water partition coefficient (Wildman–Crippen LogP) is 5.55. The predicted molar refractivity (Wildman–Crippen MR) is 116 cm³/mol. The lowest BCUT2D eigenvalue weighted by atomic mass is 10.1. The van der Waals surface area contributed by atoms with E-state index in [0.717, 1.165) is 16.2 Å². The summed E-state index contributed by atoms with van der Waals surface area (Å²) in [5.41, 5.74) is 1.67. The number of aromatic nitrogens is 2. The number of para-hydroxylation sites is 2. The van der Waals surface area contributed by atoms with Crippen LogP contribution in [0.3, 0.4) is 0 Å². The Labute approximate surface area is 196 Å². The maximum absolute atomic E-state index is 14.2. The molecule has 1 aliphatic heterocycles. The Morgan fingerprint density at radius 1 is 1.09 bits per heavy atom. The van der Waals surface area contributed by atoms with Crippen LogP contribution in [0.1, 0.15) is 28.8 Å². The van der Waals surface area contributed by atoms with Crippen molar-refractivity contribution >= 4 is 17.0 Å². The molecule has 1 aromatic heterocycles. The molecule has 1 atom stereocenters. The average Bonchev–Trinajstić information content (AvgIpc) is 3.22. The van der Waals surface area contributed by atoms with E-state index in [0.29, 0.717) is 11.3 Å². The molecule has 2 heterocycles. The lowest BCUT2D eigenvalue weighted by Gasteiger charge is -2.28. The van der Waals surface area contributed by atoms with E-state index in [-0.39, 0.29) is 23.2 Å². The van der Waals surface area contributed by atoms with E-state index in [2.05, 4.69) is 4.98 Å². The number of esters is 1. The van der Waals surface area contributed by atoms with Crippen molar-refractivity contribution in [3.63, 3.8) is 0 Å². The molecule has 3 aromatic carbocycles. The van der Waals surface area contributed by atoms with Crippen LogP contribution in [0.15, 0.2) is 66.7 Å². The maximum Gasteiger partial charge on any atom is 0.449 e. The van der Waals surface area contributed by atoms with Crippen LogP contribution in [-0.2, 0) is 40.2 Å². The standard InChI is InChI=1S/C25H18F4N2O4/c26-18-10-16(22-17(11-18)14-34-23(35-22)15-6-2-1-3-7-15)13-33-21(32)12-31-20-9-5-4-8-19(20)30-24(31)25(27,28)29/h1-11,23H,12-14H2/t23-/m1/s1. The fraction of sp³-hybridized carbons (Fsp3) is 0.200. The van der Waals surface area contributed by atoms with Crippen LogP contribution in [0.2, 0.25) is 0 Å². The van der Waals surface area contributed by atoms with Crippen molar-refractivity contribution in [1.82, 2.24) is 9.55 Å². The Morgan fingerprint density at radius 3 is 2.60 bits per heavy atom. The molecule has 0 saturated carbocycles. The minimum atomic E-state index is -4.76. The van der Waals surface area contributed by atoms with Gasteiger partial charge in [-0.2, -0.15) is 13.2 Å². The van der Waals surface area contributed by atoms with Gasteiger partial charge < -0.3 is 18.8 Å². The molecule has 0 unspecified atom stereocenters. The second kappa shape index (κ2) is 9.03. The summed E-state index contributed by atoms with van der Waals surface area (Å²) in [6.07, 6.45) is -5.50. The Balaban J connectivity index is 1.36. The number of alkyl halides is 3. The van der Waals surface area contributed by atoms with E-state index in [4.69, 9.17) is 14.2 Å². The molecule has 0 fully saturated rings. The van der Waals surface area contributed by atoms with Gasteiger partial charge in [0, 0.05) is 16.7 Å². The van der Waals surface area contributed by atoms with Crippen LogP contribution in [0, 0.1) is 5.82 Å². The van der Waals surface area contributed by atoms with Crippen LogP contribution in [0.25, 0.3) is 11.0 Å². The number of carbonyl (C=O) groups excluding carboxylic acids is 1. The topological polar surface area (TPSA) is 62.6 Å². The van der Waals surface area contributed by atoms with Crippen LogP contribution in [-0.4, -0.2) is 15.5 Å². The minimum Gasteiger partial charge on any atom is -0.460 e. The number of benzene rings is 3. The Morgan fingerprint density at radius 2 is 1.83 bits per heavy atom. The third kappa shape index (κ3) is 4.69. The van der Waals surface area contributed by atoms with Gasteiger partial charge in [-0.25, -0.2) is 9.37 Å². The van der Waals surface area contributed by atoms with E-state index in [9.17, 15) is 22.4 Å². The summed E-state index contributed by atoms with van der Waals surface area (Å²) in [7, 11) is 0. The number of imidazole rings is 1. The zero-order valence-electron chi connectivity index (χ0n) is 18.1. The lowest BCUT2D eigenvalue weighted by molar-refractivity contribution is -0.151. The fourth-order valence-corrected chi connectivity index (χ4v) is 3.94. The molecule has 4 aromatic rings. The van der Waals surface area contributed by atoms with Crippen LogP contribution in [0.5, 0.6) is 5.75 Å². The molecule has 0 saturated heterocycles. The number of rotatable bonds is 5. The molecule has 35 heavy (non-hydrogen) atoms. The monoisotopic (exact) mass is 486 g/mol. The van der Waals surface area contributed by atoms with Gasteiger partial charge in [0.1, 0.15) is 24.7 Å². The molecule has 1 aliphatic rings. The van der Waals surface area contributed by atoms with Crippen molar-refractivity contribution in [1.29, 1.82) is 0 Å². The Bertz CT molecular complexity index is 1390. The van der Waals surface area contributed by atoms with Crippen LogP contribution >= 0.6 is 0 Å². The van der Waals surface area contributed by atoms with Crippen molar-refractivity contribution in [3.8, 4) is 5.75 Å². The summed E-state index contributed by atoms with van der Waals surface area (Å²) in [6, 6.07) is 17.5. The van der Waals surface area contributed by atoms with E-state index in [1.807, 2.05) is 30.3 Å². The highest BCUT2D eigenvalue weighted by Crippen LogP contribution is 2.37. The molecule has 5 rings (SSSR count). The largest absolute Gasteiger partial charge is 0.460 e. The van der Waals surface area contributed by atoms with Gasteiger partial charge in [0.25, 0.3) is 0 Å². The molecule has 6 nitrogen and oxygen atoms in total. The Hall–Kier alpha value is -3.92. The van der Waals surface area contributed by atoms with Gasteiger partial charge in [-0.15, -0.1) is 0 Å². The van der Waals surface area contributed by atoms with Gasteiger partial charge in [-0.1, -0.05) is 42.5 Å². The lowest BCUT2D eigenvalue weighted by Crippen LogP contribution is -2.21. The van der Waals surface area contributed by atoms with Gasteiger partial charge in [0.05, 0.1) is 17.6 Å². The molecule has 0 spiro atoms. The summed E-state index contributed by atoms with van der Waals surface area (Å²) < 4.78 is 72.2. The second-order valence-electron chi connectivity index (χ2n) is 7.89. The van der Waals surface area contributed by atoms with Crippen molar-refractivity contribution in [2.45, 2.75) is 32.2 Å². The maximum atomic E-state index is 14.2. The van der Waals surface area contributed by atoms with E-state index >= 15 is 0 Å². The quantitative estimate of drug-likeness (QED) is 0.274. The zero-order valence-corrected chi connectivity index (χ0v) is 18.1. The smallest absolute Gasteiger partial charge is 0.449 e. The fourth-order valence-electron chi connectivity index (χ4n) is 3.94. The van der Waals surface area contributed by atoms with Crippen LogP contribution in [0.4, 0.5) is 17.6 Å². The average molecular weight is 486 g/mol. The summed E-state index contributed by atoms with van der Waals surface area (Å²) >= 11 is 0. The summed E-state index contributed by atoms with van der Waals surface area (Å²) in [5, 5.41) is 0. The first-order valence-corrected chi connectivity index (χ1v) is 10.6. The molecule has 0 bridgehead atoms. The minimum absolute atomic E-state index is 0.0730. The molecule has 0 radical (unpaired) electrons. The van der Waals surface area contributed by atoms with E-state index < -0.39 is 43.2 Å². The highest BCUT2D eigenvalue weighted by atomic mass is 19.4. The SMILES string of the molecule is O=C(Cn1c(C(F)(F)F)nc2ccccc21)OCc1cc(F)cc2c1O[C@H](c1ccccc1)OC2. The van der Waals surface area contributed by atoms with Gasteiger partial charge >= 0.3 is 12.1 Å². The summed E-state index contributed by atoms with van der Waals surface area (Å²) in [4.78, 5) is 16.2. The second-order valence-corrected chi connectivity index (χ2v) is 7.89. The van der Waals surface area contributed by atoms with Gasteiger partial charge in [-0.3, -0.25) is 4.79 Å². The normalized spacial score (nSPS) is 15.5. The van der Waals surface area contributed by atoms with Crippen molar-refractivity contribution in [2.24, 2.45) is 0 Å². The molecular weight excluding hydrogens is 468 g/mol. The van der Waals surface area contributed by atoms with Gasteiger partial charge in [0.15, 0.2) is 0 Å². The molecule has 10 heteroatoms. The first-order chi connectivity index (χ1) is 16.8. The molecule has 180 valence electrons. The zero-order chi connectivity index (χ0) is 24.6. The van der Waals surface area contributed by atoms with E-state index in [1.165, 1.54) is 18.2 Å². The van der Waals surface area contributed by atoms with Crippen molar-refractivity contribution in [2.75, 3.05) is 0 Å². The summed E-state index contributed by atoms with van der Waals surface area (Å²) in [5.74, 6) is -2.42. The number of ether oxygens (including phenoxy) is 3. The van der Waals surface area contributed by atoms with Crippen molar-refractivity contribution < 1.29 is 36.6 Å². The van der Waals surface area contributed by atoms with Gasteiger partial charge in [-0.05, 0) is 24.3 Å². The van der Waals surface area contributed by atoms with Gasteiger partial charge in [0.2, 0.25) is 12.1 Å². The molecule has 0 N–H and O–H groups in total. The number of halogens is 4. The molecule has 0 amide bonds. The third-order valence-corrected chi connectivity index (χ3v) is 5.48. The number of hydrogen-bond donors (Lipinski definition) is 0. The number of carbonyl (C=O) groups is 1. The van der Waals surface area contributed by atoms with E-state index in [1.54, 1.807) is 12.1 Å². The van der Waals surface area contributed by atoms with Crippen LogP contribution < -0.4 is 4.74 Å². The summed E-state index contributed by atoms with van der Waals surface area (Å²) in [6.45, 7) is -1.04. The Kier molecular flexibility index (Phi) is 5.89. The first kappa shape index (κ1) is 22.9.